The molecule has 0 amide bonds. The second-order valence-electron chi connectivity index (χ2n) is 4.41. The number of nitrogens with zero attached hydrogens (tertiary/aromatic N) is 2. The number of hydrogen-bond acceptors (Lipinski definition) is 6. The van der Waals surface area contributed by atoms with Gasteiger partial charge in [0.1, 0.15) is 29.0 Å². The van der Waals surface area contributed by atoms with Gasteiger partial charge in [-0.05, 0) is 12.1 Å². The van der Waals surface area contributed by atoms with Crippen molar-refractivity contribution in [2.45, 2.75) is 6.54 Å². The number of rotatable bonds is 6. The molecule has 1 aromatic carbocycles. The molecule has 0 saturated heterocycles. The number of hydrogen-bond donors (Lipinski definition) is 1. The molecule has 0 atom stereocenters. The summed E-state index contributed by atoms with van der Waals surface area (Å²) in [5, 5.41) is 12.0. The second-order valence-corrected chi connectivity index (χ2v) is 4.41. The van der Waals surface area contributed by atoms with Crippen LogP contribution in [0.25, 0.3) is 0 Å². The summed E-state index contributed by atoms with van der Waals surface area (Å²) < 4.78 is 16.0. The van der Waals surface area contributed by atoms with Gasteiger partial charge < -0.3 is 19.5 Å². The molecule has 114 valence electrons. The Labute approximate surface area is 129 Å². The molecule has 2 aromatic rings. The van der Waals surface area contributed by atoms with E-state index in [1.165, 1.54) is 0 Å². The molecule has 1 heterocycles. The minimum Gasteiger partial charge on any atom is -0.496 e. The molecule has 2 rings (SSSR count). The number of anilines is 1. The highest BCUT2D eigenvalue weighted by Gasteiger charge is 2.13. The van der Waals surface area contributed by atoms with E-state index in [1.807, 2.05) is 6.07 Å². The van der Waals surface area contributed by atoms with Gasteiger partial charge in [0, 0.05) is 18.7 Å². The van der Waals surface area contributed by atoms with E-state index in [9.17, 15) is 0 Å². The topological polar surface area (TPSA) is 76.4 Å². The highest BCUT2D eigenvalue weighted by atomic mass is 16.5. The second kappa shape index (κ2) is 7.18. The van der Waals surface area contributed by atoms with Crippen LogP contribution >= 0.6 is 0 Å². The Morgan fingerprint density at radius 2 is 1.77 bits per heavy atom. The zero-order valence-electron chi connectivity index (χ0n) is 12.7. The van der Waals surface area contributed by atoms with Crippen molar-refractivity contribution in [1.29, 1.82) is 5.26 Å². The largest absolute Gasteiger partial charge is 0.496 e. The Balaban J connectivity index is 2.22. The van der Waals surface area contributed by atoms with E-state index >= 15 is 0 Å². The number of aromatic nitrogens is 1. The van der Waals surface area contributed by atoms with Crippen molar-refractivity contribution in [2.24, 2.45) is 0 Å². The van der Waals surface area contributed by atoms with Crippen LogP contribution in [0.1, 0.15) is 11.3 Å². The summed E-state index contributed by atoms with van der Waals surface area (Å²) in [4.78, 5) is 4.02. The summed E-state index contributed by atoms with van der Waals surface area (Å²) in [6.07, 6.45) is 1.61. The first-order valence-corrected chi connectivity index (χ1v) is 6.60. The lowest BCUT2D eigenvalue weighted by Gasteiger charge is -2.16. The molecule has 0 fully saturated rings. The normalized spacial score (nSPS) is 9.73. The minimum absolute atomic E-state index is 0.380. The van der Waals surface area contributed by atoms with Crippen LogP contribution in [0, 0.1) is 11.3 Å². The third-order valence-corrected chi connectivity index (χ3v) is 3.16. The molecular weight excluding hydrogens is 282 g/mol. The van der Waals surface area contributed by atoms with E-state index < -0.39 is 0 Å². The van der Waals surface area contributed by atoms with Crippen LogP contribution in [0.5, 0.6) is 17.2 Å². The third kappa shape index (κ3) is 3.38. The Hall–Kier alpha value is -2.94. The highest BCUT2D eigenvalue weighted by Crippen LogP contribution is 2.34. The fourth-order valence-corrected chi connectivity index (χ4v) is 2.01. The van der Waals surface area contributed by atoms with Crippen LogP contribution in [-0.4, -0.2) is 26.3 Å². The Bertz CT molecular complexity index is 653. The zero-order valence-corrected chi connectivity index (χ0v) is 12.7. The zero-order chi connectivity index (χ0) is 15.9. The number of pyridine rings is 1. The first kappa shape index (κ1) is 15.4. The van der Waals surface area contributed by atoms with Crippen molar-refractivity contribution in [1.82, 2.24) is 4.98 Å². The van der Waals surface area contributed by atoms with Crippen molar-refractivity contribution in [3.8, 4) is 23.3 Å². The van der Waals surface area contributed by atoms with Crippen molar-refractivity contribution in [3.63, 3.8) is 0 Å². The van der Waals surface area contributed by atoms with E-state index in [4.69, 9.17) is 19.5 Å². The van der Waals surface area contributed by atoms with Gasteiger partial charge in [-0.25, -0.2) is 4.98 Å². The summed E-state index contributed by atoms with van der Waals surface area (Å²) in [5.74, 6) is 2.01. The minimum atomic E-state index is 0.380. The predicted molar refractivity (Wildman–Crippen MR) is 82.4 cm³/mol. The average molecular weight is 299 g/mol. The molecule has 0 spiro atoms. The predicted octanol–water partition coefficient (Wildman–Crippen LogP) is 2.59. The van der Waals surface area contributed by atoms with E-state index in [-0.39, 0.29) is 0 Å². The van der Waals surface area contributed by atoms with E-state index in [0.29, 0.717) is 29.5 Å². The molecule has 0 unspecified atom stereocenters. The Morgan fingerprint density at radius 3 is 2.23 bits per heavy atom. The molecule has 0 aliphatic carbocycles. The maximum absolute atomic E-state index is 8.74. The summed E-state index contributed by atoms with van der Waals surface area (Å²) in [5.41, 5.74) is 2.05. The van der Waals surface area contributed by atoms with Crippen molar-refractivity contribution in [3.05, 3.63) is 41.7 Å². The van der Waals surface area contributed by atoms with Crippen LogP contribution in [0.15, 0.2) is 30.5 Å². The van der Waals surface area contributed by atoms with E-state index in [2.05, 4.69) is 10.3 Å². The first-order chi connectivity index (χ1) is 10.7. The molecule has 0 aliphatic heterocycles. The Kier molecular flexibility index (Phi) is 5.04. The van der Waals surface area contributed by atoms with Gasteiger partial charge in [0.05, 0.1) is 38.8 Å². The van der Waals surface area contributed by atoms with Crippen LogP contribution in [0.4, 0.5) is 5.69 Å². The quantitative estimate of drug-likeness (QED) is 0.883. The van der Waals surface area contributed by atoms with Gasteiger partial charge in [0.25, 0.3) is 0 Å². The number of benzene rings is 1. The molecular formula is C16H17N3O3. The molecule has 6 heteroatoms. The van der Waals surface area contributed by atoms with Crippen LogP contribution in [0.3, 0.4) is 0 Å². The highest BCUT2D eigenvalue weighted by molar-refractivity contribution is 5.53. The van der Waals surface area contributed by atoms with Gasteiger partial charge in [-0.3, -0.25) is 0 Å². The summed E-state index contributed by atoms with van der Waals surface area (Å²) >= 11 is 0. The maximum Gasteiger partial charge on any atom is 0.140 e. The summed E-state index contributed by atoms with van der Waals surface area (Å²) in [6.45, 7) is 0.490. The molecule has 0 bridgehead atoms. The fourth-order valence-electron chi connectivity index (χ4n) is 2.01. The SMILES string of the molecule is COc1cc(OC)c(CNc2ccc(C#N)nc2)c(OC)c1. The molecule has 6 nitrogen and oxygen atoms in total. The lowest BCUT2D eigenvalue weighted by Crippen LogP contribution is -2.05. The number of nitriles is 1. The van der Waals surface area contributed by atoms with Crippen molar-refractivity contribution >= 4 is 5.69 Å². The molecule has 1 aromatic heterocycles. The molecule has 22 heavy (non-hydrogen) atoms. The van der Waals surface area contributed by atoms with Crippen molar-refractivity contribution in [2.75, 3.05) is 26.6 Å². The standard InChI is InChI=1S/C16H17N3O3/c1-20-13-6-15(21-2)14(16(7-13)22-3)10-19-12-5-4-11(8-17)18-9-12/h4-7,9,19H,10H2,1-3H3. The van der Waals surface area contributed by atoms with E-state index in [0.717, 1.165) is 11.3 Å². The van der Waals surface area contributed by atoms with Gasteiger partial charge in [0.15, 0.2) is 0 Å². The monoisotopic (exact) mass is 299 g/mol. The van der Waals surface area contributed by atoms with Gasteiger partial charge >= 0.3 is 0 Å². The fraction of sp³-hybridized carbons (Fsp3) is 0.250. The van der Waals surface area contributed by atoms with Gasteiger partial charge in [-0.2, -0.15) is 5.26 Å². The number of nitrogens with one attached hydrogen (secondary N) is 1. The molecule has 0 saturated carbocycles. The van der Waals surface area contributed by atoms with Gasteiger partial charge in [-0.15, -0.1) is 0 Å². The summed E-state index contributed by atoms with van der Waals surface area (Å²) in [7, 11) is 4.79. The smallest absolute Gasteiger partial charge is 0.140 e. The van der Waals surface area contributed by atoms with Crippen LogP contribution in [0.2, 0.25) is 0 Å². The van der Waals surface area contributed by atoms with Gasteiger partial charge in [-0.1, -0.05) is 0 Å². The van der Waals surface area contributed by atoms with E-state index in [1.54, 1.807) is 51.8 Å². The lowest BCUT2D eigenvalue weighted by molar-refractivity contribution is 0.369. The average Bonchev–Trinajstić information content (AvgIpc) is 2.59. The molecule has 0 radical (unpaired) electrons. The van der Waals surface area contributed by atoms with Crippen molar-refractivity contribution < 1.29 is 14.2 Å². The lowest BCUT2D eigenvalue weighted by atomic mass is 10.1. The van der Waals surface area contributed by atoms with Crippen LogP contribution < -0.4 is 19.5 Å². The molecule has 1 N–H and O–H groups in total. The summed E-state index contributed by atoms with van der Waals surface area (Å²) in [6, 6.07) is 9.05. The number of methoxy groups -OCH3 is 3. The van der Waals surface area contributed by atoms with Crippen LogP contribution in [-0.2, 0) is 6.54 Å². The van der Waals surface area contributed by atoms with Gasteiger partial charge in [0.2, 0.25) is 0 Å². The third-order valence-electron chi connectivity index (χ3n) is 3.16. The maximum atomic E-state index is 8.74. The first-order valence-electron chi connectivity index (χ1n) is 6.60. The molecule has 0 aliphatic rings. The Morgan fingerprint density at radius 1 is 1.09 bits per heavy atom. The number of ether oxygens (including phenoxy) is 3.